The Kier molecular flexibility index (Phi) is 8.12. The lowest BCUT2D eigenvalue weighted by atomic mass is 10.2. The molecule has 2 aromatic rings. The van der Waals surface area contributed by atoms with Gasteiger partial charge < -0.3 is 10.2 Å². The number of aliphatic imine (C=N–C) groups is 2. The molecule has 2 aromatic carbocycles. The Morgan fingerprint density at radius 2 is 1.12 bits per heavy atom. The van der Waals surface area contributed by atoms with Crippen molar-refractivity contribution in [2.24, 2.45) is 9.98 Å². The number of nitrogens with zero attached hydrogens (tertiary/aromatic N) is 2. The van der Waals surface area contributed by atoms with Crippen LogP contribution in [0.3, 0.4) is 0 Å². The maximum absolute atomic E-state index is 9.95. The third-order valence-electron chi connectivity index (χ3n) is 3.15. The fourth-order valence-corrected chi connectivity index (χ4v) is 4.46. The van der Waals surface area contributed by atoms with Crippen LogP contribution in [0.5, 0.6) is 11.5 Å². The zero-order chi connectivity index (χ0) is 18.4. The van der Waals surface area contributed by atoms with Crippen LogP contribution in [-0.4, -0.2) is 35.7 Å². The highest BCUT2D eigenvalue weighted by atomic mass is 79.9. The molecule has 0 fully saturated rings. The van der Waals surface area contributed by atoms with Gasteiger partial charge in [-0.2, -0.15) is 0 Å². The van der Waals surface area contributed by atoms with Crippen molar-refractivity contribution in [3.63, 3.8) is 0 Å². The van der Waals surface area contributed by atoms with Gasteiger partial charge in [0.2, 0.25) is 0 Å². The maximum atomic E-state index is 9.95. The lowest BCUT2D eigenvalue weighted by Crippen LogP contribution is -1.91. The van der Waals surface area contributed by atoms with Crippen molar-refractivity contribution >= 4 is 76.1 Å². The summed E-state index contributed by atoms with van der Waals surface area (Å²) in [5, 5.41) is 19.9. The third-order valence-corrected chi connectivity index (χ3v) is 5.28. The van der Waals surface area contributed by atoms with E-state index in [0.29, 0.717) is 33.2 Å². The maximum Gasteiger partial charge on any atom is 0.138 e. The smallest absolute Gasteiger partial charge is 0.138 e. The molecule has 2 rings (SSSR count). The van der Waals surface area contributed by atoms with Crippen LogP contribution in [0.2, 0.25) is 0 Å². The number of rotatable bonds is 6. The van der Waals surface area contributed by atoms with E-state index in [1.54, 1.807) is 36.7 Å². The summed E-state index contributed by atoms with van der Waals surface area (Å²) in [7, 11) is 0. The van der Waals surface area contributed by atoms with Gasteiger partial charge in [-0.05, 0) is 62.5 Å². The number of benzene rings is 2. The topological polar surface area (TPSA) is 65.2 Å². The predicted octanol–water partition coefficient (Wildman–Crippen LogP) is 6.08. The molecule has 0 radical (unpaired) electrons. The summed E-state index contributed by atoms with van der Waals surface area (Å²) in [4.78, 5) is 8.62. The predicted molar refractivity (Wildman–Crippen MR) is 117 cm³/mol. The summed E-state index contributed by atoms with van der Waals surface area (Å²) in [6, 6.07) is 7.15. The Morgan fingerprint density at radius 3 is 1.52 bits per heavy atom. The third kappa shape index (κ3) is 6.20. The molecule has 0 aliphatic carbocycles. The number of aromatic hydroxyl groups is 2. The van der Waals surface area contributed by atoms with Crippen LogP contribution in [0.4, 0.5) is 0 Å². The van der Waals surface area contributed by atoms with Gasteiger partial charge in [0.15, 0.2) is 0 Å². The van der Waals surface area contributed by atoms with E-state index in [4.69, 9.17) is 0 Å². The van der Waals surface area contributed by atoms with Gasteiger partial charge in [0, 0.05) is 45.6 Å². The summed E-state index contributed by atoms with van der Waals surface area (Å²) in [5.74, 6) is 0.335. The second kappa shape index (κ2) is 9.85. The molecule has 0 unspecified atom stereocenters. The van der Waals surface area contributed by atoms with Crippen molar-refractivity contribution in [2.75, 3.05) is 13.1 Å². The van der Waals surface area contributed by atoms with E-state index in [1.165, 1.54) is 0 Å². The monoisotopic (exact) mass is 594 g/mol. The number of phenols is 2. The molecular weight excluding hydrogens is 584 g/mol. The van der Waals surface area contributed by atoms with Crippen LogP contribution < -0.4 is 0 Å². The molecule has 0 saturated carbocycles. The van der Waals surface area contributed by atoms with Crippen LogP contribution in [0, 0.1) is 0 Å². The van der Waals surface area contributed by atoms with Crippen LogP contribution in [0.15, 0.2) is 52.1 Å². The lowest BCUT2D eigenvalue weighted by Gasteiger charge is -2.03. The average molecular weight is 598 g/mol. The van der Waals surface area contributed by atoms with E-state index in [2.05, 4.69) is 73.7 Å². The first-order valence-electron chi connectivity index (χ1n) is 7.24. The molecule has 0 aliphatic rings. The summed E-state index contributed by atoms with van der Waals surface area (Å²) >= 11 is 13.3. The number of hydrogen-bond donors (Lipinski definition) is 2. The van der Waals surface area contributed by atoms with E-state index in [1.807, 2.05) is 0 Å². The SMILES string of the molecule is Oc1c(Br)cc(Br)cc1C=NCCCN=Cc1cc(Br)cc(Br)c1O. The first-order valence-corrected chi connectivity index (χ1v) is 10.4. The highest BCUT2D eigenvalue weighted by Gasteiger charge is 2.05. The van der Waals surface area contributed by atoms with Crippen molar-refractivity contribution in [1.82, 2.24) is 0 Å². The lowest BCUT2D eigenvalue weighted by molar-refractivity contribution is 0.470. The number of halogens is 4. The fraction of sp³-hybridized carbons (Fsp3) is 0.176. The zero-order valence-corrected chi connectivity index (χ0v) is 19.2. The van der Waals surface area contributed by atoms with Crippen molar-refractivity contribution in [2.45, 2.75) is 6.42 Å². The van der Waals surface area contributed by atoms with Gasteiger partial charge in [-0.1, -0.05) is 31.9 Å². The average Bonchev–Trinajstić information content (AvgIpc) is 2.55. The van der Waals surface area contributed by atoms with Gasteiger partial charge >= 0.3 is 0 Å². The van der Waals surface area contributed by atoms with E-state index in [0.717, 1.165) is 15.4 Å². The molecule has 132 valence electrons. The normalized spacial score (nSPS) is 11.7. The van der Waals surface area contributed by atoms with Gasteiger partial charge in [-0.15, -0.1) is 0 Å². The Bertz CT molecular complexity index is 755. The molecule has 0 amide bonds. The molecule has 25 heavy (non-hydrogen) atoms. The van der Waals surface area contributed by atoms with Crippen molar-refractivity contribution in [1.29, 1.82) is 0 Å². The van der Waals surface area contributed by atoms with Gasteiger partial charge in [-0.25, -0.2) is 0 Å². The highest BCUT2D eigenvalue weighted by molar-refractivity contribution is 9.11. The van der Waals surface area contributed by atoms with Crippen molar-refractivity contribution in [3.05, 3.63) is 53.3 Å². The Balaban J connectivity index is 1.86. The van der Waals surface area contributed by atoms with Crippen LogP contribution in [0.1, 0.15) is 17.5 Å². The quantitative estimate of drug-likeness (QED) is 0.313. The Labute approximate surface area is 179 Å². The van der Waals surface area contributed by atoms with E-state index >= 15 is 0 Å². The molecule has 0 bridgehead atoms. The van der Waals surface area contributed by atoms with Gasteiger partial charge in [-0.3, -0.25) is 9.98 Å². The standard InChI is InChI=1S/C17H14Br4N2O2/c18-12-4-10(16(24)14(20)6-12)8-22-2-1-3-23-9-11-5-13(19)7-15(21)17(11)25/h4-9,24-25H,1-3H2. The summed E-state index contributed by atoms with van der Waals surface area (Å²) in [6.45, 7) is 1.18. The second-order valence-corrected chi connectivity index (χ2v) is 8.62. The Hall–Kier alpha value is -0.700. The fourth-order valence-electron chi connectivity index (χ4n) is 1.95. The first kappa shape index (κ1) is 20.6. The van der Waals surface area contributed by atoms with Crippen LogP contribution in [0.25, 0.3) is 0 Å². The Morgan fingerprint density at radius 1 is 0.720 bits per heavy atom. The summed E-state index contributed by atoms with van der Waals surface area (Å²) < 4.78 is 2.97. The van der Waals surface area contributed by atoms with Crippen LogP contribution >= 0.6 is 63.7 Å². The molecule has 0 saturated heterocycles. The van der Waals surface area contributed by atoms with Crippen LogP contribution in [-0.2, 0) is 0 Å². The summed E-state index contributed by atoms with van der Waals surface area (Å²) in [5.41, 5.74) is 1.29. The molecule has 0 heterocycles. The minimum atomic E-state index is 0.167. The molecule has 0 aromatic heterocycles. The molecule has 0 spiro atoms. The molecule has 4 nitrogen and oxygen atoms in total. The van der Waals surface area contributed by atoms with E-state index < -0.39 is 0 Å². The second-order valence-electron chi connectivity index (χ2n) is 5.08. The minimum absolute atomic E-state index is 0.167. The molecule has 0 aliphatic heterocycles. The minimum Gasteiger partial charge on any atom is -0.506 e. The highest BCUT2D eigenvalue weighted by Crippen LogP contribution is 2.31. The van der Waals surface area contributed by atoms with Gasteiger partial charge in [0.1, 0.15) is 11.5 Å². The molecular formula is C17H14Br4N2O2. The van der Waals surface area contributed by atoms with Crippen molar-refractivity contribution < 1.29 is 10.2 Å². The number of hydrogen-bond acceptors (Lipinski definition) is 4. The zero-order valence-electron chi connectivity index (χ0n) is 12.9. The number of phenolic OH excluding ortho intramolecular Hbond substituents is 2. The van der Waals surface area contributed by atoms with Crippen molar-refractivity contribution in [3.8, 4) is 11.5 Å². The molecule has 2 N–H and O–H groups in total. The largest absolute Gasteiger partial charge is 0.506 e. The summed E-state index contributed by atoms with van der Waals surface area (Å²) in [6.07, 6.45) is 4.05. The first-order chi connectivity index (χ1) is 11.9. The van der Waals surface area contributed by atoms with Gasteiger partial charge in [0.25, 0.3) is 0 Å². The molecule has 0 atom stereocenters. The van der Waals surface area contributed by atoms with E-state index in [9.17, 15) is 10.2 Å². The van der Waals surface area contributed by atoms with E-state index in [-0.39, 0.29) is 11.5 Å². The van der Waals surface area contributed by atoms with Gasteiger partial charge in [0.05, 0.1) is 8.95 Å². The molecule has 8 heteroatoms.